The second-order valence-corrected chi connectivity index (χ2v) is 5.89. The van der Waals surface area contributed by atoms with Gasteiger partial charge in [-0.05, 0) is 12.1 Å². The van der Waals surface area contributed by atoms with Gasteiger partial charge in [0.25, 0.3) is 10.0 Å². The highest BCUT2D eigenvalue weighted by Crippen LogP contribution is 2.29. The van der Waals surface area contributed by atoms with Gasteiger partial charge in [-0.15, -0.1) is 0 Å². The predicted molar refractivity (Wildman–Crippen MR) is 72.1 cm³/mol. The van der Waals surface area contributed by atoms with Crippen molar-refractivity contribution in [2.24, 2.45) is 7.05 Å². The Balaban J connectivity index is 2.35. The maximum Gasteiger partial charge on any atom is 0.387 e. The summed E-state index contributed by atoms with van der Waals surface area (Å²) in [6, 6.07) is 5.40. The molecule has 0 saturated heterocycles. The number of halogens is 3. The molecule has 1 aromatic heterocycles. The average molecular weight is 338 g/mol. The number of benzene rings is 1. The van der Waals surface area contributed by atoms with Crippen LogP contribution in [0.5, 0.6) is 5.75 Å². The number of sulfonamides is 1. The minimum absolute atomic E-state index is 0.102. The molecule has 0 atom stereocenters. The summed E-state index contributed by atoms with van der Waals surface area (Å²) in [5.74, 6) is -0.303. The Bertz CT molecular complexity index is 749. The van der Waals surface area contributed by atoms with Gasteiger partial charge in [0.05, 0.1) is 12.0 Å². The van der Waals surface area contributed by atoms with Gasteiger partial charge in [-0.1, -0.05) is 23.7 Å². The van der Waals surface area contributed by atoms with Gasteiger partial charge in [-0.2, -0.15) is 17.2 Å². The van der Waals surface area contributed by atoms with Crippen molar-refractivity contribution in [2.75, 3.05) is 4.72 Å². The first-order valence-corrected chi connectivity index (χ1v) is 7.41. The van der Waals surface area contributed by atoms with E-state index in [1.54, 1.807) is 0 Å². The topological polar surface area (TPSA) is 73.2 Å². The van der Waals surface area contributed by atoms with Crippen LogP contribution in [-0.4, -0.2) is 24.6 Å². The minimum Gasteiger partial charge on any atom is -0.433 e. The second-order valence-electron chi connectivity index (χ2n) is 3.93. The van der Waals surface area contributed by atoms with Gasteiger partial charge in [0.1, 0.15) is 10.9 Å². The molecule has 2 aromatic rings. The van der Waals surface area contributed by atoms with Crippen molar-refractivity contribution in [1.29, 1.82) is 0 Å². The number of ether oxygens (including phenoxy) is 1. The summed E-state index contributed by atoms with van der Waals surface area (Å²) in [5, 5.41) is -0.506. The molecule has 10 heteroatoms. The van der Waals surface area contributed by atoms with Crippen LogP contribution in [0.15, 0.2) is 35.6 Å². The SMILES string of the molecule is Cn1cnc(S(=O)(=O)Nc2ccccc2OC(F)F)c1Cl. The number of anilines is 1. The Morgan fingerprint density at radius 3 is 2.62 bits per heavy atom. The normalized spacial score (nSPS) is 11.7. The third kappa shape index (κ3) is 3.42. The quantitative estimate of drug-likeness (QED) is 0.909. The van der Waals surface area contributed by atoms with Crippen molar-refractivity contribution in [1.82, 2.24) is 9.55 Å². The zero-order chi connectivity index (χ0) is 15.6. The van der Waals surface area contributed by atoms with E-state index in [1.807, 2.05) is 0 Å². The van der Waals surface area contributed by atoms with E-state index in [2.05, 4.69) is 14.4 Å². The molecule has 1 N–H and O–H groups in total. The van der Waals surface area contributed by atoms with E-state index in [0.29, 0.717) is 0 Å². The molecule has 0 aliphatic carbocycles. The Hall–Kier alpha value is -1.87. The van der Waals surface area contributed by atoms with E-state index in [4.69, 9.17) is 11.6 Å². The molecular weight excluding hydrogens is 328 g/mol. The molecule has 114 valence electrons. The minimum atomic E-state index is -4.12. The molecule has 0 aliphatic heterocycles. The zero-order valence-electron chi connectivity index (χ0n) is 10.6. The first-order valence-electron chi connectivity index (χ1n) is 5.55. The van der Waals surface area contributed by atoms with Gasteiger partial charge in [0.2, 0.25) is 5.03 Å². The van der Waals surface area contributed by atoms with Crippen molar-refractivity contribution in [2.45, 2.75) is 11.6 Å². The van der Waals surface area contributed by atoms with Gasteiger partial charge in [-0.3, -0.25) is 4.72 Å². The molecule has 0 saturated carbocycles. The van der Waals surface area contributed by atoms with Crippen LogP contribution < -0.4 is 9.46 Å². The third-order valence-electron chi connectivity index (χ3n) is 2.44. The fraction of sp³-hybridized carbons (Fsp3) is 0.182. The summed E-state index contributed by atoms with van der Waals surface area (Å²) in [6.07, 6.45) is 1.22. The van der Waals surface area contributed by atoms with Crippen LogP contribution in [0.3, 0.4) is 0 Å². The van der Waals surface area contributed by atoms with Crippen LogP contribution in [0.25, 0.3) is 0 Å². The number of hydrogen-bond acceptors (Lipinski definition) is 4. The standard InChI is InChI=1S/C11H10ClF2N3O3S/c1-17-6-15-10(9(17)12)21(18,19)16-7-4-2-3-5-8(7)20-11(13)14/h2-6,11,16H,1H3. The average Bonchev–Trinajstić information content (AvgIpc) is 2.72. The monoisotopic (exact) mass is 337 g/mol. The van der Waals surface area contributed by atoms with Crippen molar-refractivity contribution in [3.8, 4) is 5.75 Å². The van der Waals surface area contributed by atoms with Gasteiger partial charge < -0.3 is 9.30 Å². The number of alkyl halides is 2. The van der Waals surface area contributed by atoms with E-state index < -0.39 is 21.7 Å². The summed E-state index contributed by atoms with van der Waals surface area (Å²) in [4.78, 5) is 3.67. The van der Waals surface area contributed by atoms with E-state index in [9.17, 15) is 17.2 Å². The summed E-state index contributed by atoms with van der Waals surface area (Å²) < 4.78 is 56.6. The number of nitrogens with one attached hydrogen (secondary N) is 1. The van der Waals surface area contributed by atoms with Crippen LogP contribution >= 0.6 is 11.6 Å². The molecular formula is C11H10ClF2N3O3S. The maximum absolute atomic E-state index is 12.3. The number of rotatable bonds is 5. The number of hydrogen-bond donors (Lipinski definition) is 1. The van der Waals surface area contributed by atoms with Crippen molar-refractivity contribution >= 4 is 27.3 Å². The molecule has 0 bridgehead atoms. The fourth-order valence-corrected chi connectivity index (χ4v) is 3.02. The summed E-state index contributed by atoms with van der Waals surface area (Å²) in [6.45, 7) is -3.07. The lowest BCUT2D eigenvalue weighted by molar-refractivity contribution is -0.0493. The number of imidazole rings is 1. The highest BCUT2D eigenvalue weighted by Gasteiger charge is 2.24. The fourth-order valence-electron chi connectivity index (χ4n) is 1.52. The van der Waals surface area contributed by atoms with Gasteiger partial charge in [0, 0.05) is 7.05 Å². The van der Waals surface area contributed by atoms with E-state index in [0.717, 1.165) is 0 Å². The molecule has 1 heterocycles. The molecule has 0 aliphatic rings. The first kappa shape index (κ1) is 15.5. The molecule has 6 nitrogen and oxygen atoms in total. The summed E-state index contributed by atoms with van der Waals surface area (Å²) in [5.41, 5.74) is -0.139. The van der Waals surface area contributed by atoms with E-state index >= 15 is 0 Å². The van der Waals surface area contributed by atoms with Crippen LogP contribution in [0.2, 0.25) is 5.15 Å². The molecule has 21 heavy (non-hydrogen) atoms. The molecule has 0 radical (unpaired) electrons. The molecule has 0 unspecified atom stereocenters. The van der Waals surface area contributed by atoms with Crippen LogP contribution in [0.4, 0.5) is 14.5 Å². The summed E-state index contributed by atoms with van der Waals surface area (Å²) >= 11 is 5.81. The number of nitrogens with zero attached hydrogens (tertiary/aromatic N) is 2. The Morgan fingerprint density at radius 1 is 1.38 bits per heavy atom. The van der Waals surface area contributed by atoms with Gasteiger partial charge in [0.15, 0.2) is 0 Å². The Morgan fingerprint density at radius 2 is 2.05 bits per heavy atom. The molecule has 2 rings (SSSR count). The molecule has 1 aromatic carbocycles. The summed E-state index contributed by atoms with van der Waals surface area (Å²) in [7, 11) is -2.60. The lowest BCUT2D eigenvalue weighted by atomic mass is 10.3. The van der Waals surface area contributed by atoms with E-state index in [1.165, 1.54) is 42.2 Å². The lowest BCUT2D eigenvalue weighted by Gasteiger charge is -2.12. The second kappa shape index (κ2) is 5.86. The lowest BCUT2D eigenvalue weighted by Crippen LogP contribution is -2.15. The highest BCUT2D eigenvalue weighted by molar-refractivity contribution is 7.92. The van der Waals surface area contributed by atoms with Gasteiger partial charge >= 0.3 is 6.61 Å². The third-order valence-corrected chi connectivity index (χ3v) is 4.29. The van der Waals surface area contributed by atoms with Gasteiger partial charge in [-0.25, -0.2) is 4.98 Å². The van der Waals surface area contributed by atoms with Crippen LogP contribution in [-0.2, 0) is 17.1 Å². The van der Waals surface area contributed by atoms with Crippen molar-refractivity contribution in [3.63, 3.8) is 0 Å². The molecule has 0 spiro atoms. The number of para-hydroxylation sites is 2. The van der Waals surface area contributed by atoms with Crippen LogP contribution in [0, 0.1) is 0 Å². The predicted octanol–water partition coefficient (Wildman–Crippen LogP) is 2.48. The smallest absolute Gasteiger partial charge is 0.387 e. The van der Waals surface area contributed by atoms with Crippen LogP contribution in [0.1, 0.15) is 0 Å². The largest absolute Gasteiger partial charge is 0.433 e. The Kier molecular flexibility index (Phi) is 4.33. The number of aromatic nitrogens is 2. The number of aryl methyl sites for hydroxylation is 1. The highest BCUT2D eigenvalue weighted by atomic mass is 35.5. The first-order chi connectivity index (χ1) is 9.81. The zero-order valence-corrected chi connectivity index (χ0v) is 12.2. The maximum atomic E-state index is 12.3. The van der Waals surface area contributed by atoms with Crippen molar-refractivity contribution in [3.05, 3.63) is 35.7 Å². The molecule has 0 amide bonds. The molecule has 0 fully saturated rings. The Labute approximate surface area is 124 Å². The van der Waals surface area contributed by atoms with E-state index in [-0.39, 0.29) is 16.6 Å². The van der Waals surface area contributed by atoms with Crippen molar-refractivity contribution < 1.29 is 21.9 Å².